The van der Waals surface area contributed by atoms with Crippen LogP contribution in [0.2, 0.25) is 0 Å². The predicted molar refractivity (Wildman–Crippen MR) is 74.4 cm³/mol. The van der Waals surface area contributed by atoms with Crippen LogP contribution >= 0.6 is 0 Å². The van der Waals surface area contributed by atoms with Gasteiger partial charge in [-0.15, -0.1) is 0 Å². The summed E-state index contributed by atoms with van der Waals surface area (Å²) in [7, 11) is -3.15. The average molecular weight is 294 g/mol. The van der Waals surface area contributed by atoms with Crippen LogP contribution < -0.4 is 0 Å². The summed E-state index contributed by atoms with van der Waals surface area (Å²) < 4.78 is 24.2. The van der Waals surface area contributed by atoms with Gasteiger partial charge in [0.15, 0.2) is 9.84 Å². The van der Waals surface area contributed by atoms with Gasteiger partial charge in [-0.1, -0.05) is 12.1 Å². The van der Waals surface area contributed by atoms with Gasteiger partial charge in [-0.05, 0) is 55.2 Å². The van der Waals surface area contributed by atoms with Crippen LogP contribution in [0.1, 0.15) is 43.6 Å². The molecule has 20 heavy (non-hydrogen) atoms. The molecule has 1 unspecified atom stereocenters. The van der Waals surface area contributed by atoms with E-state index in [0.29, 0.717) is 10.8 Å². The van der Waals surface area contributed by atoms with Gasteiger partial charge >= 0.3 is 5.97 Å². The number of hydrogen-bond acceptors (Lipinski definition) is 3. The van der Waals surface area contributed by atoms with Crippen molar-refractivity contribution in [3.8, 4) is 0 Å². The normalized spacial score (nSPS) is 20.6. The maximum absolute atomic E-state index is 12.1. The fourth-order valence-electron chi connectivity index (χ4n) is 2.72. The first-order valence-corrected chi connectivity index (χ1v) is 8.59. The maximum atomic E-state index is 12.1. The van der Waals surface area contributed by atoms with Crippen LogP contribution in [-0.4, -0.2) is 24.7 Å². The molecule has 4 nitrogen and oxygen atoms in total. The van der Waals surface area contributed by atoms with Gasteiger partial charge in [0.1, 0.15) is 0 Å². The Balaban J connectivity index is 1.82. The fraction of sp³-hybridized carbons (Fsp3) is 0.533. The molecule has 5 heteroatoms. The molecule has 3 rings (SSSR count). The molecule has 0 aliphatic heterocycles. The van der Waals surface area contributed by atoms with Crippen molar-refractivity contribution >= 4 is 15.8 Å². The molecule has 1 atom stereocenters. The van der Waals surface area contributed by atoms with Gasteiger partial charge < -0.3 is 5.11 Å². The van der Waals surface area contributed by atoms with Crippen molar-refractivity contribution in [3.63, 3.8) is 0 Å². The lowest BCUT2D eigenvalue weighted by Gasteiger charge is -2.15. The van der Waals surface area contributed by atoms with Gasteiger partial charge in [-0.25, -0.2) is 8.42 Å². The van der Waals surface area contributed by atoms with Crippen molar-refractivity contribution in [3.05, 3.63) is 29.8 Å². The number of sulfone groups is 1. The molecular formula is C15H18O4S. The van der Waals surface area contributed by atoms with Crippen molar-refractivity contribution in [2.24, 2.45) is 5.92 Å². The van der Waals surface area contributed by atoms with Crippen molar-refractivity contribution in [2.45, 2.75) is 48.2 Å². The summed E-state index contributed by atoms with van der Waals surface area (Å²) in [4.78, 5) is 11.3. The first kappa shape index (κ1) is 13.6. The number of aliphatic carboxylic acids is 1. The molecule has 2 aliphatic rings. The van der Waals surface area contributed by atoms with Crippen molar-refractivity contribution < 1.29 is 18.3 Å². The Hall–Kier alpha value is -1.36. The van der Waals surface area contributed by atoms with E-state index in [1.807, 2.05) is 0 Å². The Morgan fingerprint density at radius 3 is 2.20 bits per heavy atom. The molecule has 2 fully saturated rings. The number of carboxylic acids is 1. The highest BCUT2D eigenvalue weighted by molar-refractivity contribution is 7.92. The number of rotatable bonds is 6. The molecule has 1 aromatic carbocycles. The molecule has 0 spiro atoms. The highest BCUT2D eigenvalue weighted by atomic mass is 32.2. The molecule has 2 aliphatic carbocycles. The monoisotopic (exact) mass is 294 g/mol. The maximum Gasteiger partial charge on any atom is 0.303 e. The molecule has 0 amide bonds. The molecule has 0 saturated heterocycles. The molecular weight excluding hydrogens is 276 g/mol. The molecule has 0 aromatic heterocycles. The van der Waals surface area contributed by atoms with Crippen molar-refractivity contribution in [1.82, 2.24) is 0 Å². The largest absolute Gasteiger partial charge is 0.481 e. The Morgan fingerprint density at radius 2 is 1.75 bits per heavy atom. The van der Waals surface area contributed by atoms with Gasteiger partial charge in [0.25, 0.3) is 0 Å². The summed E-state index contributed by atoms with van der Waals surface area (Å²) in [5.74, 6) is -0.334. The second kappa shape index (κ2) is 4.88. The molecule has 0 heterocycles. The second-order valence-corrected chi connectivity index (χ2v) is 8.08. The van der Waals surface area contributed by atoms with E-state index >= 15 is 0 Å². The minimum atomic E-state index is -3.15. The lowest BCUT2D eigenvalue weighted by molar-refractivity contribution is -0.137. The minimum Gasteiger partial charge on any atom is -0.481 e. The van der Waals surface area contributed by atoms with Gasteiger partial charge in [-0.3, -0.25) is 4.79 Å². The summed E-state index contributed by atoms with van der Waals surface area (Å²) in [6.07, 6.45) is 3.78. The van der Waals surface area contributed by atoms with Crippen molar-refractivity contribution in [1.29, 1.82) is 0 Å². The number of hydrogen-bond donors (Lipinski definition) is 1. The van der Waals surface area contributed by atoms with E-state index in [0.717, 1.165) is 31.2 Å². The topological polar surface area (TPSA) is 71.4 Å². The van der Waals surface area contributed by atoms with E-state index in [2.05, 4.69) is 0 Å². The first-order chi connectivity index (χ1) is 9.48. The Morgan fingerprint density at radius 1 is 1.15 bits per heavy atom. The second-order valence-electron chi connectivity index (χ2n) is 5.86. The van der Waals surface area contributed by atoms with Crippen LogP contribution in [0.5, 0.6) is 0 Å². The zero-order chi connectivity index (χ0) is 14.3. The third kappa shape index (κ3) is 2.73. The van der Waals surface area contributed by atoms with Gasteiger partial charge in [0.2, 0.25) is 0 Å². The zero-order valence-electron chi connectivity index (χ0n) is 11.2. The molecule has 0 bridgehead atoms. The number of carboxylic acid groups (broad SMARTS) is 1. The molecule has 1 aromatic rings. The van der Waals surface area contributed by atoms with E-state index in [1.54, 1.807) is 24.3 Å². The smallest absolute Gasteiger partial charge is 0.303 e. The molecule has 1 N–H and O–H groups in total. The SMILES string of the molecule is O=C(O)CC(c1ccc(S(=O)(=O)C2CC2)cc1)C1CC1. The standard InChI is InChI=1S/C15H18O4S/c16-15(17)9-14(10-1-2-10)11-3-5-12(6-4-11)20(18,19)13-7-8-13/h3-6,10,13-14H,1-2,7-9H2,(H,16,17). The number of benzene rings is 1. The van der Waals surface area contributed by atoms with Crippen molar-refractivity contribution in [2.75, 3.05) is 0 Å². The van der Waals surface area contributed by atoms with Crippen LogP contribution in [-0.2, 0) is 14.6 Å². The quantitative estimate of drug-likeness (QED) is 0.875. The summed E-state index contributed by atoms with van der Waals surface area (Å²) in [5.41, 5.74) is 0.949. The van der Waals surface area contributed by atoms with E-state index < -0.39 is 15.8 Å². The Bertz CT molecular complexity index is 610. The van der Waals surface area contributed by atoms with E-state index in [-0.39, 0.29) is 17.6 Å². The summed E-state index contributed by atoms with van der Waals surface area (Å²) in [6.45, 7) is 0. The summed E-state index contributed by atoms with van der Waals surface area (Å²) >= 11 is 0. The highest BCUT2D eigenvalue weighted by Gasteiger charge is 2.37. The lowest BCUT2D eigenvalue weighted by Crippen LogP contribution is -2.10. The molecule has 2 saturated carbocycles. The zero-order valence-corrected chi connectivity index (χ0v) is 12.0. The van der Waals surface area contributed by atoms with Gasteiger partial charge in [0.05, 0.1) is 16.6 Å². The third-order valence-electron chi connectivity index (χ3n) is 4.19. The van der Waals surface area contributed by atoms with Gasteiger partial charge in [-0.2, -0.15) is 0 Å². The van der Waals surface area contributed by atoms with Crippen LogP contribution in [0.25, 0.3) is 0 Å². The summed E-state index contributed by atoms with van der Waals surface area (Å²) in [6, 6.07) is 6.86. The molecule has 0 radical (unpaired) electrons. The van der Waals surface area contributed by atoms with Crippen LogP contribution in [0.3, 0.4) is 0 Å². The first-order valence-electron chi connectivity index (χ1n) is 7.04. The van der Waals surface area contributed by atoms with E-state index in [1.165, 1.54) is 0 Å². The van der Waals surface area contributed by atoms with Gasteiger partial charge in [0, 0.05) is 0 Å². The predicted octanol–water partition coefficient (Wildman–Crippen LogP) is 2.59. The third-order valence-corrected chi connectivity index (χ3v) is 6.46. The number of carbonyl (C=O) groups is 1. The Labute approximate surface area is 118 Å². The van der Waals surface area contributed by atoms with E-state index in [4.69, 9.17) is 5.11 Å². The van der Waals surface area contributed by atoms with Crippen LogP contribution in [0, 0.1) is 5.92 Å². The minimum absolute atomic E-state index is 0.0187. The molecule has 108 valence electrons. The Kier molecular flexibility index (Phi) is 3.32. The van der Waals surface area contributed by atoms with E-state index in [9.17, 15) is 13.2 Å². The lowest BCUT2D eigenvalue weighted by atomic mass is 9.91. The summed E-state index contributed by atoms with van der Waals surface area (Å²) in [5, 5.41) is 8.79. The van der Waals surface area contributed by atoms with Crippen LogP contribution in [0.4, 0.5) is 0 Å². The average Bonchev–Trinajstić information content (AvgIpc) is 3.29. The fourth-order valence-corrected chi connectivity index (χ4v) is 4.38. The van der Waals surface area contributed by atoms with Crippen LogP contribution in [0.15, 0.2) is 29.2 Å². The highest BCUT2D eigenvalue weighted by Crippen LogP contribution is 2.44.